The van der Waals surface area contributed by atoms with Crippen LogP contribution in [0, 0.1) is 20.2 Å². The maximum Gasteiger partial charge on any atom is 0.280 e. The first kappa shape index (κ1) is 18.5. The third-order valence-corrected chi connectivity index (χ3v) is 6.85. The normalized spacial score (nSPS) is 13.3. The zero-order chi connectivity index (χ0) is 18.8. The molecule has 3 aromatic carbocycles. The second-order valence-electron chi connectivity index (χ2n) is 5.63. The molecule has 0 aliphatic heterocycles. The van der Waals surface area contributed by atoms with Crippen molar-refractivity contribution in [2.24, 2.45) is 0 Å². The van der Waals surface area contributed by atoms with Crippen LogP contribution in [0.2, 0.25) is 0 Å². The van der Waals surface area contributed by atoms with Crippen LogP contribution in [0.1, 0.15) is 20.8 Å². The summed E-state index contributed by atoms with van der Waals surface area (Å²) in [5, 5.41) is 24.4. The molecule has 3 aromatic rings. The quantitative estimate of drug-likeness (QED) is 0.246. The summed E-state index contributed by atoms with van der Waals surface area (Å²) in [6.45, 7) is 0. The summed E-state index contributed by atoms with van der Waals surface area (Å²) in [5.74, 6) is 0. The molecule has 0 radical (unpaired) electrons. The fourth-order valence-electron chi connectivity index (χ4n) is 2.84. The lowest BCUT2D eigenvalue weighted by molar-refractivity contribution is -0.394. The average Bonchev–Trinajstić information content (AvgIpc) is 2.65. The van der Waals surface area contributed by atoms with Crippen LogP contribution < -0.4 is 0 Å². The van der Waals surface area contributed by atoms with E-state index in [0.717, 1.165) is 22.4 Å². The van der Waals surface area contributed by atoms with Crippen LogP contribution in [0.5, 0.6) is 0 Å². The van der Waals surface area contributed by atoms with E-state index >= 15 is 0 Å². The van der Waals surface area contributed by atoms with E-state index in [1.807, 2.05) is 42.5 Å². The topological polar surface area (TPSA) is 86.3 Å². The predicted molar refractivity (Wildman–Crippen MR) is 107 cm³/mol. The number of fused-ring (bicyclic) bond motifs is 1. The standard InChI is InChI=1S/C18H12Br2N2O4/c19-17(14-7-3-5-11-4-1-2-6-13(11)14)18(20)15-9-8-12(21(23)24)10-16(15)22(25)26/h1-10,17-18H/t17-,18-/m0/s1. The van der Waals surface area contributed by atoms with E-state index in [0.29, 0.717) is 5.56 Å². The first-order valence-electron chi connectivity index (χ1n) is 7.58. The van der Waals surface area contributed by atoms with E-state index in [1.54, 1.807) is 0 Å². The molecule has 0 fully saturated rings. The van der Waals surface area contributed by atoms with Gasteiger partial charge in [0.05, 0.1) is 25.6 Å². The van der Waals surface area contributed by atoms with E-state index in [9.17, 15) is 20.2 Å². The average molecular weight is 480 g/mol. The highest BCUT2D eigenvalue weighted by molar-refractivity contribution is 9.12. The van der Waals surface area contributed by atoms with Gasteiger partial charge in [-0.3, -0.25) is 20.2 Å². The van der Waals surface area contributed by atoms with Crippen molar-refractivity contribution in [3.63, 3.8) is 0 Å². The van der Waals surface area contributed by atoms with Crippen LogP contribution in [0.4, 0.5) is 11.4 Å². The predicted octanol–water partition coefficient (Wildman–Crippen LogP) is 6.23. The van der Waals surface area contributed by atoms with Crippen molar-refractivity contribution >= 4 is 54.0 Å². The Morgan fingerprint density at radius 1 is 0.769 bits per heavy atom. The van der Waals surface area contributed by atoms with Crippen LogP contribution in [0.25, 0.3) is 10.8 Å². The molecule has 2 atom stereocenters. The van der Waals surface area contributed by atoms with Gasteiger partial charge < -0.3 is 0 Å². The molecule has 0 bridgehead atoms. The van der Waals surface area contributed by atoms with Crippen molar-refractivity contribution in [1.82, 2.24) is 0 Å². The molecule has 0 aromatic heterocycles. The summed E-state index contributed by atoms with van der Waals surface area (Å²) in [6, 6.07) is 17.4. The first-order valence-corrected chi connectivity index (χ1v) is 9.42. The van der Waals surface area contributed by atoms with Gasteiger partial charge in [0.15, 0.2) is 0 Å². The third-order valence-electron chi connectivity index (χ3n) is 4.10. The van der Waals surface area contributed by atoms with Gasteiger partial charge in [0.25, 0.3) is 11.4 Å². The van der Waals surface area contributed by atoms with Gasteiger partial charge in [0.1, 0.15) is 0 Å². The molecule has 6 nitrogen and oxygen atoms in total. The molecule has 132 valence electrons. The highest BCUT2D eigenvalue weighted by Crippen LogP contribution is 2.47. The SMILES string of the molecule is O=[N+]([O-])c1ccc([C@H](Br)[C@@H](Br)c2cccc3ccccc23)c([N+](=O)[O-])c1. The van der Waals surface area contributed by atoms with E-state index in [4.69, 9.17) is 0 Å². The second kappa shape index (κ2) is 7.51. The highest BCUT2D eigenvalue weighted by Gasteiger charge is 2.29. The molecular weight excluding hydrogens is 468 g/mol. The van der Waals surface area contributed by atoms with Gasteiger partial charge in [0.2, 0.25) is 0 Å². The minimum absolute atomic E-state index is 0.270. The van der Waals surface area contributed by atoms with Crippen LogP contribution in [0.15, 0.2) is 60.7 Å². The largest absolute Gasteiger partial charge is 0.280 e. The van der Waals surface area contributed by atoms with Crippen LogP contribution in [0.3, 0.4) is 0 Å². The molecule has 26 heavy (non-hydrogen) atoms. The van der Waals surface area contributed by atoms with Crippen LogP contribution >= 0.6 is 31.9 Å². The first-order chi connectivity index (χ1) is 12.4. The lowest BCUT2D eigenvalue weighted by Gasteiger charge is -2.19. The molecular formula is C18H12Br2N2O4. The second-order valence-corrected chi connectivity index (χ2v) is 7.60. The van der Waals surface area contributed by atoms with E-state index in [1.165, 1.54) is 12.1 Å². The van der Waals surface area contributed by atoms with Crippen molar-refractivity contribution in [3.8, 4) is 0 Å². The zero-order valence-corrected chi connectivity index (χ0v) is 16.4. The Morgan fingerprint density at radius 2 is 1.42 bits per heavy atom. The van der Waals surface area contributed by atoms with Crippen molar-refractivity contribution < 1.29 is 9.85 Å². The number of alkyl halides is 2. The zero-order valence-electron chi connectivity index (χ0n) is 13.2. The molecule has 0 unspecified atom stereocenters. The number of nitro groups is 2. The lowest BCUT2D eigenvalue weighted by atomic mass is 9.97. The van der Waals surface area contributed by atoms with Crippen LogP contribution in [-0.4, -0.2) is 9.85 Å². The maximum absolute atomic E-state index is 11.4. The molecule has 0 aliphatic carbocycles. The van der Waals surface area contributed by atoms with Gasteiger partial charge in [0, 0.05) is 11.6 Å². The molecule has 3 rings (SSSR count). The summed E-state index contributed by atoms with van der Waals surface area (Å²) < 4.78 is 0. The number of nitro benzene ring substituents is 2. The van der Waals surface area contributed by atoms with E-state index < -0.39 is 14.7 Å². The summed E-state index contributed by atoms with van der Waals surface area (Å²) in [4.78, 5) is 20.4. The van der Waals surface area contributed by atoms with Crippen LogP contribution in [-0.2, 0) is 0 Å². The summed E-state index contributed by atoms with van der Waals surface area (Å²) in [6.07, 6.45) is 0. The molecule has 0 spiro atoms. The third kappa shape index (κ3) is 3.47. The minimum Gasteiger partial charge on any atom is -0.258 e. The molecule has 0 N–H and O–H groups in total. The fraction of sp³-hybridized carbons (Fsp3) is 0.111. The Kier molecular flexibility index (Phi) is 5.33. The van der Waals surface area contributed by atoms with Crippen molar-refractivity contribution in [2.75, 3.05) is 0 Å². The van der Waals surface area contributed by atoms with Gasteiger partial charge >= 0.3 is 0 Å². The number of benzene rings is 3. The van der Waals surface area contributed by atoms with Gasteiger partial charge in [-0.05, 0) is 22.4 Å². The summed E-state index contributed by atoms with van der Waals surface area (Å²) in [5.41, 5.74) is 0.746. The molecule has 0 heterocycles. The smallest absolute Gasteiger partial charge is 0.258 e. The minimum atomic E-state index is -0.643. The van der Waals surface area contributed by atoms with Gasteiger partial charge in [-0.25, -0.2) is 0 Å². The number of hydrogen-bond donors (Lipinski definition) is 0. The van der Waals surface area contributed by atoms with Gasteiger partial charge in [-0.2, -0.15) is 0 Å². The molecule has 8 heteroatoms. The number of rotatable bonds is 5. The number of halogens is 2. The molecule has 0 aliphatic rings. The van der Waals surface area contributed by atoms with Crippen molar-refractivity contribution in [1.29, 1.82) is 0 Å². The molecule has 0 saturated heterocycles. The van der Waals surface area contributed by atoms with Gasteiger partial charge in [-0.15, -0.1) is 0 Å². The lowest BCUT2D eigenvalue weighted by Crippen LogP contribution is -2.04. The Hall–Kier alpha value is -2.32. The Morgan fingerprint density at radius 3 is 2.12 bits per heavy atom. The number of non-ortho nitro benzene ring substituents is 1. The van der Waals surface area contributed by atoms with Gasteiger partial charge in [-0.1, -0.05) is 74.3 Å². The van der Waals surface area contributed by atoms with E-state index in [2.05, 4.69) is 31.9 Å². The Labute approximate surface area is 165 Å². The fourth-order valence-corrected chi connectivity index (χ4v) is 4.20. The highest BCUT2D eigenvalue weighted by atomic mass is 79.9. The molecule has 0 amide bonds. The Balaban J connectivity index is 2.07. The Bertz CT molecular complexity index is 1000. The van der Waals surface area contributed by atoms with Crippen molar-refractivity contribution in [2.45, 2.75) is 9.65 Å². The summed E-state index contributed by atoms with van der Waals surface area (Å²) >= 11 is 7.17. The van der Waals surface area contributed by atoms with E-state index in [-0.39, 0.29) is 16.2 Å². The number of hydrogen-bond acceptors (Lipinski definition) is 4. The maximum atomic E-state index is 11.4. The molecule has 0 saturated carbocycles. The monoisotopic (exact) mass is 478 g/mol. The number of nitrogens with zero attached hydrogens (tertiary/aromatic N) is 2. The summed E-state index contributed by atoms with van der Waals surface area (Å²) in [7, 11) is 0. The van der Waals surface area contributed by atoms with Crippen molar-refractivity contribution in [3.05, 3.63) is 92.0 Å².